The Morgan fingerprint density at radius 1 is 1.58 bits per heavy atom. The molecule has 2 rings (SSSR count). The van der Waals surface area contributed by atoms with Crippen molar-refractivity contribution in [2.24, 2.45) is 5.92 Å². The first-order chi connectivity index (χ1) is 9.11. The number of piperidine rings is 1. The smallest absolute Gasteiger partial charge is 0.240 e. The van der Waals surface area contributed by atoms with E-state index >= 15 is 0 Å². The van der Waals surface area contributed by atoms with E-state index in [-0.39, 0.29) is 11.9 Å². The fraction of sp³-hybridized carbons (Fsp3) is 0.643. The van der Waals surface area contributed by atoms with E-state index in [1.165, 1.54) is 0 Å². The molecule has 1 saturated heterocycles. The van der Waals surface area contributed by atoms with Crippen LogP contribution in [0.15, 0.2) is 12.1 Å². The highest BCUT2D eigenvalue weighted by Gasteiger charge is 2.30. The summed E-state index contributed by atoms with van der Waals surface area (Å²) in [5.41, 5.74) is 0. The summed E-state index contributed by atoms with van der Waals surface area (Å²) in [5.74, 6) is 0.640. The summed E-state index contributed by atoms with van der Waals surface area (Å²) in [6, 6.07) is 3.87. The van der Waals surface area contributed by atoms with Gasteiger partial charge in [0.15, 0.2) is 0 Å². The highest BCUT2D eigenvalue weighted by atomic mass is 35.5. The van der Waals surface area contributed by atoms with E-state index in [2.05, 4.69) is 12.2 Å². The van der Waals surface area contributed by atoms with Gasteiger partial charge < -0.3 is 10.2 Å². The van der Waals surface area contributed by atoms with Crippen LogP contribution in [0, 0.1) is 5.92 Å². The van der Waals surface area contributed by atoms with Gasteiger partial charge in [-0.1, -0.05) is 18.5 Å². The Morgan fingerprint density at radius 2 is 2.37 bits per heavy atom. The number of amides is 1. The fourth-order valence-corrected chi connectivity index (χ4v) is 3.65. The molecule has 19 heavy (non-hydrogen) atoms. The van der Waals surface area contributed by atoms with Gasteiger partial charge in [-0.05, 0) is 44.4 Å². The van der Waals surface area contributed by atoms with Crippen LogP contribution in [-0.4, -0.2) is 29.9 Å². The lowest BCUT2D eigenvalue weighted by molar-refractivity contribution is -0.135. The summed E-state index contributed by atoms with van der Waals surface area (Å²) >= 11 is 7.49. The molecule has 0 radical (unpaired) electrons. The number of hydrogen-bond donors (Lipinski definition) is 1. The van der Waals surface area contributed by atoms with Crippen molar-refractivity contribution in [1.82, 2.24) is 10.2 Å². The molecule has 2 unspecified atom stereocenters. The highest BCUT2D eigenvalue weighted by Crippen LogP contribution is 2.24. The minimum Gasteiger partial charge on any atom is -0.336 e. The monoisotopic (exact) mass is 300 g/mol. The van der Waals surface area contributed by atoms with Gasteiger partial charge >= 0.3 is 0 Å². The first-order valence-electron chi connectivity index (χ1n) is 6.88. The van der Waals surface area contributed by atoms with E-state index < -0.39 is 0 Å². The molecule has 0 aromatic carbocycles. The molecule has 1 amide bonds. The van der Waals surface area contributed by atoms with Gasteiger partial charge in [0.2, 0.25) is 5.91 Å². The maximum Gasteiger partial charge on any atom is 0.240 e. The van der Waals surface area contributed by atoms with Crippen LogP contribution >= 0.6 is 22.9 Å². The normalized spacial score (nSPS) is 23.3. The van der Waals surface area contributed by atoms with Crippen molar-refractivity contribution in [2.75, 3.05) is 13.1 Å². The van der Waals surface area contributed by atoms with Gasteiger partial charge in [-0.15, -0.1) is 11.3 Å². The van der Waals surface area contributed by atoms with Crippen molar-refractivity contribution in [3.8, 4) is 0 Å². The second kappa shape index (κ2) is 6.73. The van der Waals surface area contributed by atoms with E-state index in [9.17, 15) is 4.79 Å². The van der Waals surface area contributed by atoms with Crippen molar-refractivity contribution in [3.05, 3.63) is 21.3 Å². The molecule has 1 aliphatic rings. The summed E-state index contributed by atoms with van der Waals surface area (Å²) in [4.78, 5) is 15.6. The SMILES string of the molecule is CCN(Cc1ccc(Cl)s1)C(=O)C1NCCCC1C. The Bertz CT molecular complexity index is 435. The lowest BCUT2D eigenvalue weighted by Crippen LogP contribution is -2.52. The van der Waals surface area contributed by atoms with Gasteiger partial charge in [0.05, 0.1) is 16.9 Å². The summed E-state index contributed by atoms with van der Waals surface area (Å²) in [6.07, 6.45) is 2.30. The number of halogens is 1. The van der Waals surface area contributed by atoms with Crippen LogP contribution in [0.4, 0.5) is 0 Å². The first-order valence-corrected chi connectivity index (χ1v) is 8.07. The van der Waals surface area contributed by atoms with E-state index in [0.29, 0.717) is 12.5 Å². The van der Waals surface area contributed by atoms with E-state index in [1.54, 1.807) is 11.3 Å². The van der Waals surface area contributed by atoms with Crippen molar-refractivity contribution in [2.45, 2.75) is 39.3 Å². The van der Waals surface area contributed by atoms with Gasteiger partial charge in [-0.3, -0.25) is 4.79 Å². The summed E-state index contributed by atoms with van der Waals surface area (Å²) in [6.45, 7) is 6.53. The number of nitrogens with one attached hydrogen (secondary N) is 1. The van der Waals surface area contributed by atoms with Crippen LogP contribution < -0.4 is 5.32 Å². The number of thiophene rings is 1. The van der Waals surface area contributed by atoms with Gasteiger partial charge in [0.25, 0.3) is 0 Å². The van der Waals surface area contributed by atoms with E-state index in [1.807, 2.05) is 24.0 Å². The quantitative estimate of drug-likeness (QED) is 0.926. The zero-order valence-corrected chi connectivity index (χ0v) is 13.1. The van der Waals surface area contributed by atoms with Crippen molar-refractivity contribution < 1.29 is 4.79 Å². The molecule has 3 nitrogen and oxygen atoms in total. The minimum atomic E-state index is -0.0239. The average Bonchev–Trinajstić information content (AvgIpc) is 2.81. The zero-order chi connectivity index (χ0) is 13.8. The largest absolute Gasteiger partial charge is 0.336 e. The van der Waals surface area contributed by atoms with Crippen molar-refractivity contribution >= 4 is 28.8 Å². The van der Waals surface area contributed by atoms with Crippen molar-refractivity contribution in [3.63, 3.8) is 0 Å². The fourth-order valence-electron chi connectivity index (χ4n) is 2.55. The van der Waals surface area contributed by atoms with Gasteiger partial charge in [0, 0.05) is 11.4 Å². The first kappa shape index (κ1) is 14.8. The number of likely N-dealkylation sites (N-methyl/N-ethyl adjacent to an activating group) is 1. The molecule has 0 aliphatic carbocycles. The van der Waals surface area contributed by atoms with Crippen LogP contribution in [-0.2, 0) is 11.3 Å². The predicted octanol–water partition coefficient (Wildman–Crippen LogP) is 3.14. The molecule has 106 valence electrons. The van der Waals surface area contributed by atoms with Crippen molar-refractivity contribution in [1.29, 1.82) is 0 Å². The molecule has 1 aromatic rings. The van der Waals surface area contributed by atoms with Gasteiger partial charge in [0.1, 0.15) is 0 Å². The standard InChI is InChI=1S/C14H21ClN2OS/c1-3-17(9-11-6-7-12(15)19-11)14(18)13-10(2)5-4-8-16-13/h6-7,10,13,16H,3-5,8-9H2,1-2H3. The molecule has 2 heterocycles. The summed E-state index contributed by atoms with van der Waals surface area (Å²) < 4.78 is 0.780. The van der Waals surface area contributed by atoms with Crippen LogP contribution in [0.25, 0.3) is 0 Å². The number of carbonyl (C=O) groups is 1. The van der Waals surface area contributed by atoms with Crippen LogP contribution in [0.2, 0.25) is 4.34 Å². The molecular weight excluding hydrogens is 280 g/mol. The number of carbonyl (C=O) groups excluding carboxylic acids is 1. The third-order valence-electron chi connectivity index (χ3n) is 3.70. The lowest BCUT2D eigenvalue weighted by atomic mass is 9.92. The van der Waals surface area contributed by atoms with E-state index in [4.69, 9.17) is 11.6 Å². The third kappa shape index (κ3) is 3.71. The van der Waals surface area contributed by atoms with Crippen LogP contribution in [0.5, 0.6) is 0 Å². The Hall–Kier alpha value is -0.580. The molecule has 0 saturated carbocycles. The Balaban J connectivity index is 2.01. The molecule has 1 N–H and O–H groups in total. The van der Waals surface area contributed by atoms with E-state index in [0.717, 1.165) is 35.1 Å². The predicted molar refractivity (Wildman–Crippen MR) is 80.6 cm³/mol. The maximum atomic E-state index is 12.6. The summed E-state index contributed by atoms with van der Waals surface area (Å²) in [5, 5.41) is 3.36. The molecule has 1 aliphatic heterocycles. The Kier molecular flexibility index (Phi) is 5.25. The molecule has 0 bridgehead atoms. The van der Waals surface area contributed by atoms with Crippen LogP contribution in [0.1, 0.15) is 31.6 Å². The summed E-state index contributed by atoms with van der Waals surface area (Å²) in [7, 11) is 0. The number of nitrogens with zero attached hydrogens (tertiary/aromatic N) is 1. The average molecular weight is 301 g/mol. The number of rotatable bonds is 4. The van der Waals surface area contributed by atoms with Crippen LogP contribution in [0.3, 0.4) is 0 Å². The minimum absolute atomic E-state index is 0.0239. The maximum absolute atomic E-state index is 12.6. The molecular formula is C14H21ClN2OS. The van der Waals surface area contributed by atoms with Gasteiger partial charge in [-0.2, -0.15) is 0 Å². The second-order valence-corrected chi connectivity index (χ2v) is 6.91. The molecule has 0 spiro atoms. The molecule has 5 heteroatoms. The lowest BCUT2D eigenvalue weighted by Gasteiger charge is -2.33. The molecule has 1 aromatic heterocycles. The number of hydrogen-bond acceptors (Lipinski definition) is 3. The zero-order valence-electron chi connectivity index (χ0n) is 11.5. The Morgan fingerprint density at radius 3 is 2.95 bits per heavy atom. The molecule has 2 atom stereocenters. The van der Waals surface area contributed by atoms with Gasteiger partial charge in [-0.25, -0.2) is 0 Å². The molecule has 1 fully saturated rings. The topological polar surface area (TPSA) is 32.3 Å². The third-order valence-corrected chi connectivity index (χ3v) is 4.92. The Labute approximate surface area is 123 Å². The highest BCUT2D eigenvalue weighted by molar-refractivity contribution is 7.16. The second-order valence-electron chi connectivity index (χ2n) is 5.11.